The van der Waals surface area contributed by atoms with E-state index in [2.05, 4.69) is 13.8 Å². The predicted octanol–water partition coefficient (Wildman–Crippen LogP) is 4.25. The summed E-state index contributed by atoms with van der Waals surface area (Å²) in [5.41, 5.74) is 1.05. The molecule has 1 saturated heterocycles. The summed E-state index contributed by atoms with van der Waals surface area (Å²) in [6.07, 6.45) is 2.09. The Morgan fingerprint density at radius 1 is 1.09 bits per heavy atom. The number of rotatable bonds is 15. The molecule has 1 aromatic carbocycles. The molecular formula is C26H42O8S. The Morgan fingerprint density at radius 2 is 1.80 bits per heavy atom. The maximum atomic E-state index is 12.4. The Labute approximate surface area is 210 Å². The van der Waals surface area contributed by atoms with Crippen molar-refractivity contribution in [1.82, 2.24) is 0 Å². The second-order valence-corrected chi connectivity index (χ2v) is 11.6. The zero-order valence-corrected chi connectivity index (χ0v) is 22.9. The van der Waals surface area contributed by atoms with Gasteiger partial charge in [0.05, 0.1) is 25.9 Å². The summed E-state index contributed by atoms with van der Waals surface area (Å²) in [6.45, 7) is 9.27. The molecule has 4 atom stereocenters. The molecule has 1 aliphatic rings. The monoisotopic (exact) mass is 514 g/mol. The van der Waals surface area contributed by atoms with Crippen LogP contribution in [0, 0.1) is 23.7 Å². The van der Waals surface area contributed by atoms with E-state index in [4.69, 9.17) is 23.1 Å². The Balaban J connectivity index is 2.21. The fourth-order valence-electron chi connectivity index (χ4n) is 4.42. The molecule has 2 rings (SSSR count). The van der Waals surface area contributed by atoms with Gasteiger partial charge in [-0.15, -0.1) is 0 Å². The van der Waals surface area contributed by atoms with E-state index in [0.717, 1.165) is 18.2 Å². The van der Waals surface area contributed by atoms with Crippen LogP contribution in [0.5, 0.6) is 11.5 Å². The maximum absolute atomic E-state index is 12.4. The zero-order valence-electron chi connectivity index (χ0n) is 22.1. The van der Waals surface area contributed by atoms with E-state index in [9.17, 15) is 13.2 Å². The molecule has 0 saturated carbocycles. The number of methoxy groups -OCH3 is 2. The van der Waals surface area contributed by atoms with Gasteiger partial charge in [0, 0.05) is 26.6 Å². The van der Waals surface area contributed by atoms with E-state index < -0.39 is 22.3 Å². The number of esters is 1. The van der Waals surface area contributed by atoms with Gasteiger partial charge in [0.2, 0.25) is 0 Å². The van der Waals surface area contributed by atoms with Crippen molar-refractivity contribution in [3.05, 3.63) is 23.8 Å². The molecule has 0 spiro atoms. The summed E-state index contributed by atoms with van der Waals surface area (Å²) in [7, 11) is -0.467. The summed E-state index contributed by atoms with van der Waals surface area (Å²) in [5.74, 6) is 1.25. The Bertz CT molecular complexity index is 912. The summed E-state index contributed by atoms with van der Waals surface area (Å²) >= 11 is 0. The van der Waals surface area contributed by atoms with Gasteiger partial charge in [0.1, 0.15) is 12.2 Å². The average molecular weight is 515 g/mol. The lowest BCUT2D eigenvalue weighted by Crippen LogP contribution is -2.34. The van der Waals surface area contributed by atoms with Gasteiger partial charge in [0.25, 0.3) is 10.1 Å². The van der Waals surface area contributed by atoms with E-state index in [1.807, 2.05) is 32.0 Å². The van der Waals surface area contributed by atoms with Crippen LogP contribution >= 0.6 is 0 Å². The van der Waals surface area contributed by atoms with Crippen molar-refractivity contribution >= 4 is 16.1 Å². The highest BCUT2D eigenvalue weighted by Gasteiger charge is 2.42. The summed E-state index contributed by atoms with van der Waals surface area (Å²) in [6, 6.07) is 5.85. The SMILES string of the molecule is COCCCOc1cc(C[C@@H](C[C@@H](OS(C)(=O)=O)[C@@H]2C[C@@H](C(C)C)C(=O)O2)C(C)C)ccc1OC. The third-order valence-corrected chi connectivity index (χ3v) is 7.13. The van der Waals surface area contributed by atoms with Crippen molar-refractivity contribution in [3.8, 4) is 11.5 Å². The molecule has 0 radical (unpaired) electrons. The summed E-state index contributed by atoms with van der Waals surface area (Å²) in [4.78, 5) is 12.4. The van der Waals surface area contributed by atoms with Crippen molar-refractivity contribution in [2.75, 3.05) is 33.7 Å². The predicted molar refractivity (Wildman–Crippen MR) is 134 cm³/mol. The van der Waals surface area contributed by atoms with Crippen LogP contribution < -0.4 is 9.47 Å². The van der Waals surface area contributed by atoms with Gasteiger partial charge < -0.3 is 18.9 Å². The van der Waals surface area contributed by atoms with Crippen molar-refractivity contribution < 1.29 is 36.3 Å². The van der Waals surface area contributed by atoms with Crippen molar-refractivity contribution in [3.63, 3.8) is 0 Å². The highest BCUT2D eigenvalue weighted by atomic mass is 32.2. The fourth-order valence-corrected chi connectivity index (χ4v) is 5.07. The molecule has 1 fully saturated rings. The first kappa shape index (κ1) is 29.4. The fraction of sp³-hybridized carbons (Fsp3) is 0.731. The first-order valence-corrected chi connectivity index (χ1v) is 14.1. The van der Waals surface area contributed by atoms with Gasteiger partial charge in [-0.2, -0.15) is 8.42 Å². The van der Waals surface area contributed by atoms with Gasteiger partial charge in [0.15, 0.2) is 11.5 Å². The molecule has 0 unspecified atom stereocenters. The zero-order chi connectivity index (χ0) is 26.2. The molecular weight excluding hydrogens is 472 g/mol. The number of hydrogen-bond donors (Lipinski definition) is 0. The molecule has 0 bridgehead atoms. The number of ether oxygens (including phenoxy) is 4. The number of benzene rings is 1. The molecule has 1 aliphatic heterocycles. The Hall–Kier alpha value is -1.84. The Morgan fingerprint density at radius 3 is 2.34 bits per heavy atom. The number of carbonyl (C=O) groups excluding carboxylic acids is 1. The molecule has 0 N–H and O–H groups in total. The van der Waals surface area contributed by atoms with Crippen LogP contribution in [0.2, 0.25) is 0 Å². The summed E-state index contributed by atoms with van der Waals surface area (Å²) < 4.78 is 51.7. The molecule has 1 aromatic rings. The van der Waals surface area contributed by atoms with Crippen LogP contribution in [0.25, 0.3) is 0 Å². The molecule has 35 heavy (non-hydrogen) atoms. The van der Waals surface area contributed by atoms with Gasteiger partial charge in [-0.1, -0.05) is 33.8 Å². The quantitative estimate of drug-likeness (QED) is 0.195. The standard InChI is InChI=1S/C26H42O8S/c1-17(2)20(13-19-9-10-22(31-6)23(14-19)32-12-8-11-30-5)15-25(34-35(7,28)29)24-16-21(18(3)4)26(27)33-24/h9-10,14,17-18,20-21,24-25H,8,11-13,15-16H2,1-7H3/t20-,21-,24-,25+/m0/s1. The normalized spacial score (nSPS) is 20.2. The highest BCUT2D eigenvalue weighted by molar-refractivity contribution is 7.86. The minimum atomic E-state index is -3.73. The van der Waals surface area contributed by atoms with Gasteiger partial charge in [-0.25, -0.2) is 0 Å². The van der Waals surface area contributed by atoms with Crippen LogP contribution in [-0.2, 0) is 35.0 Å². The van der Waals surface area contributed by atoms with E-state index in [1.165, 1.54) is 0 Å². The first-order chi connectivity index (χ1) is 16.4. The van der Waals surface area contributed by atoms with Gasteiger partial charge in [-0.3, -0.25) is 8.98 Å². The average Bonchev–Trinajstić information content (AvgIpc) is 3.17. The lowest BCUT2D eigenvalue weighted by Gasteiger charge is -2.29. The maximum Gasteiger partial charge on any atom is 0.309 e. The number of carbonyl (C=O) groups is 1. The molecule has 0 aliphatic carbocycles. The first-order valence-electron chi connectivity index (χ1n) is 12.3. The van der Waals surface area contributed by atoms with Gasteiger partial charge in [-0.05, 0) is 48.3 Å². The van der Waals surface area contributed by atoms with Crippen LogP contribution in [0.3, 0.4) is 0 Å². The molecule has 8 nitrogen and oxygen atoms in total. The smallest absolute Gasteiger partial charge is 0.309 e. The van der Waals surface area contributed by atoms with Crippen LogP contribution in [-0.4, -0.2) is 60.3 Å². The topological polar surface area (TPSA) is 97.4 Å². The third-order valence-electron chi connectivity index (χ3n) is 6.53. The number of hydrogen-bond acceptors (Lipinski definition) is 8. The van der Waals surface area contributed by atoms with Crippen molar-refractivity contribution in [2.45, 2.75) is 65.6 Å². The molecule has 9 heteroatoms. The summed E-state index contributed by atoms with van der Waals surface area (Å²) in [5, 5.41) is 0. The minimum Gasteiger partial charge on any atom is -0.493 e. The van der Waals surface area contributed by atoms with E-state index in [0.29, 0.717) is 44.0 Å². The molecule has 0 amide bonds. The van der Waals surface area contributed by atoms with E-state index in [1.54, 1.807) is 14.2 Å². The minimum absolute atomic E-state index is 0.0910. The molecule has 1 heterocycles. The van der Waals surface area contributed by atoms with E-state index >= 15 is 0 Å². The highest BCUT2D eigenvalue weighted by Crippen LogP contribution is 2.36. The molecule has 0 aromatic heterocycles. The van der Waals surface area contributed by atoms with Gasteiger partial charge >= 0.3 is 5.97 Å². The molecule has 200 valence electrons. The number of cyclic esters (lactones) is 1. The van der Waals surface area contributed by atoms with Crippen molar-refractivity contribution in [1.29, 1.82) is 0 Å². The second kappa shape index (κ2) is 13.5. The van der Waals surface area contributed by atoms with Crippen molar-refractivity contribution in [2.24, 2.45) is 23.7 Å². The Kier molecular flexibility index (Phi) is 11.3. The lowest BCUT2D eigenvalue weighted by molar-refractivity contribution is -0.148. The largest absolute Gasteiger partial charge is 0.493 e. The van der Waals surface area contributed by atoms with E-state index in [-0.39, 0.29) is 29.6 Å². The third kappa shape index (κ3) is 9.28. The second-order valence-electron chi connectivity index (χ2n) is 10.0. The van der Waals surface area contributed by atoms with Crippen LogP contribution in [0.4, 0.5) is 0 Å². The van der Waals surface area contributed by atoms with Crippen LogP contribution in [0.1, 0.15) is 52.5 Å². The van der Waals surface area contributed by atoms with Crippen LogP contribution in [0.15, 0.2) is 18.2 Å². The lowest BCUT2D eigenvalue weighted by atomic mass is 9.82.